The fourth-order valence-electron chi connectivity index (χ4n) is 3.35. The number of hydrogen-bond acceptors (Lipinski definition) is 5. The summed E-state index contributed by atoms with van der Waals surface area (Å²) in [7, 11) is 0. The number of amides is 1. The van der Waals surface area contributed by atoms with Gasteiger partial charge in [-0.05, 0) is 55.3 Å². The van der Waals surface area contributed by atoms with Crippen molar-refractivity contribution in [1.29, 1.82) is 0 Å². The largest absolute Gasteiger partial charge is 0.370 e. The van der Waals surface area contributed by atoms with Crippen LogP contribution >= 0.6 is 23.2 Å². The Hall–Kier alpha value is -2.57. The smallest absolute Gasteiger partial charge is 0.227 e. The second kappa shape index (κ2) is 8.84. The Balaban J connectivity index is 1.38. The average Bonchev–Trinajstić information content (AvgIpc) is 3.39. The van der Waals surface area contributed by atoms with Crippen LogP contribution in [0.15, 0.2) is 47.0 Å². The summed E-state index contributed by atoms with van der Waals surface area (Å²) in [6.07, 6.45) is 2.90. The van der Waals surface area contributed by atoms with Crippen molar-refractivity contribution < 1.29 is 9.32 Å². The van der Waals surface area contributed by atoms with Crippen LogP contribution in [0.1, 0.15) is 25.2 Å². The first kappa shape index (κ1) is 19.7. The average molecular weight is 431 g/mol. The normalized spacial score (nSPS) is 13.7. The van der Waals surface area contributed by atoms with Gasteiger partial charge in [-0.3, -0.25) is 4.79 Å². The van der Waals surface area contributed by atoms with Gasteiger partial charge in [0, 0.05) is 41.5 Å². The van der Waals surface area contributed by atoms with Gasteiger partial charge in [0.25, 0.3) is 0 Å². The van der Waals surface area contributed by atoms with Gasteiger partial charge in [0.15, 0.2) is 0 Å². The summed E-state index contributed by atoms with van der Waals surface area (Å²) in [5.74, 6) is 0.762. The van der Waals surface area contributed by atoms with E-state index in [2.05, 4.69) is 20.4 Å². The zero-order valence-corrected chi connectivity index (χ0v) is 17.2. The van der Waals surface area contributed by atoms with E-state index in [1.807, 2.05) is 24.3 Å². The second-order valence-electron chi connectivity index (χ2n) is 6.92. The van der Waals surface area contributed by atoms with Gasteiger partial charge >= 0.3 is 0 Å². The molecule has 29 heavy (non-hydrogen) atoms. The summed E-state index contributed by atoms with van der Waals surface area (Å²) in [6.45, 7) is 1.97. The number of aryl methyl sites for hydroxylation is 1. The lowest BCUT2D eigenvalue weighted by Gasteiger charge is -2.21. The van der Waals surface area contributed by atoms with Gasteiger partial charge in [-0.15, -0.1) is 0 Å². The highest BCUT2D eigenvalue weighted by Crippen LogP contribution is 2.31. The molecule has 3 aromatic rings. The molecule has 0 unspecified atom stereocenters. The van der Waals surface area contributed by atoms with E-state index in [1.54, 1.807) is 18.2 Å². The Morgan fingerprint density at radius 2 is 1.79 bits per heavy atom. The van der Waals surface area contributed by atoms with Crippen molar-refractivity contribution in [3.8, 4) is 11.4 Å². The summed E-state index contributed by atoms with van der Waals surface area (Å²) in [6, 6.07) is 12.8. The number of hydrogen-bond donors (Lipinski definition) is 1. The van der Waals surface area contributed by atoms with E-state index in [1.165, 1.54) is 0 Å². The number of halogens is 2. The van der Waals surface area contributed by atoms with Gasteiger partial charge in [-0.2, -0.15) is 4.98 Å². The zero-order valence-electron chi connectivity index (χ0n) is 15.7. The second-order valence-corrected chi connectivity index (χ2v) is 7.80. The van der Waals surface area contributed by atoms with Crippen LogP contribution in [0.5, 0.6) is 0 Å². The van der Waals surface area contributed by atoms with E-state index in [9.17, 15) is 4.79 Å². The van der Waals surface area contributed by atoms with Crippen LogP contribution in [0.3, 0.4) is 0 Å². The van der Waals surface area contributed by atoms with Crippen molar-refractivity contribution in [3.63, 3.8) is 0 Å². The van der Waals surface area contributed by atoms with Gasteiger partial charge in [0.1, 0.15) is 0 Å². The summed E-state index contributed by atoms with van der Waals surface area (Å²) in [5, 5.41) is 8.18. The maximum atomic E-state index is 12.5. The molecule has 4 rings (SSSR count). The zero-order chi connectivity index (χ0) is 20.2. The number of nitrogens with one attached hydrogen (secondary N) is 1. The molecular weight excluding hydrogens is 411 g/mol. The van der Waals surface area contributed by atoms with Crippen LogP contribution in [0.25, 0.3) is 11.4 Å². The van der Waals surface area contributed by atoms with Crippen LogP contribution in [0, 0.1) is 0 Å². The molecule has 1 amide bonds. The highest BCUT2D eigenvalue weighted by molar-refractivity contribution is 6.31. The van der Waals surface area contributed by atoms with Crippen molar-refractivity contribution in [2.75, 3.05) is 23.3 Å². The number of carbonyl (C=O) groups excluding carboxylic acids is 1. The number of rotatable bonds is 6. The number of carbonyl (C=O) groups is 1. The molecule has 1 aromatic heterocycles. The van der Waals surface area contributed by atoms with Crippen molar-refractivity contribution in [3.05, 3.63) is 58.4 Å². The number of aromatic nitrogens is 2. The fourth-order valence-corrected chi connectivity index (χ4v) is 3.65. The molecule has 6 nitrogen and oxygen atoms in total. The summed E-state index contributed by atoms with van der Waals surface area (Å²) in [4.78, 5) is 19.1. The minimum Gasteiger partial charge on any atom is -0.370 e. The van der Waals surface area contributed by atoms with E-state index in [4.69, 9.17) is 27.7 Å². The Labute approximate surface area is 178 Å². The van der Waals surface area contributed by atoms with E-state index in [0.29, 0.717) is 28.2 Å². The topological polar surface area (TPSA) is 71.3 Å². The number of anilines is 2. The van der Waals surface area contributed by atoms with Gasteiger partial charge < -0.3 is 14.7 Å². The molecule has 150 valence electrons. The monoisotopic (exact) mass is 430 g/mol. The molecule has 0 saturated carbocycles. The predicted octanol–water partition coefficient (Wildman–Crippen LogP) is 5.21. The van der Waals surface area contributed by atoms with Gasteiger partial charge in [-0.25, -0.2) is 0 Å². The Kier molecular flexibility index (Phi) is 6.02. The molecule has 2 aromatic carbocycles. The third kappa shape index (κ3) is 4.89. The Morgan fingerprint density at radius 3 is 2.55 bits per heavy atom. The predicted molar refractivity (Wildman–Crippen MR) is 115 cm³/mol. The molecule has 0 aliphatic carbocycles. The van der Waals surface area contributed by atoms with Crippen LogP contribution in [0.2, 0.25) is 10.0 Å². The molecule has 1 aliphatic rings. The molecule has 1 aliphatic heterocycles. The molecule has 8 heteroatoms. The first-order valence-corrected chi connectivity index (χ1v) is 10.3. The minimum absolute atomic E-state index is 0.126. The molecular formula is C21H20Cl2N4O2. The van der Waals surface area contributed by atoms with Crippen molar-refractivity contribution in [1.82, 2.24) is 10.1 Å². The van der Waals surface area contributed by atoms with Crippen LogP contribution in [-0.4, -0.2) is 29.1 Å². The third-order valence-electron chi connectivity index (χ3n) is 4.82. The van der Waals surface area contributed by atoms with Crippen LogP contribution in [0.4, 0.5) is 11.4 Å². The third-order valence-corrected chi connectivity index (χ3v) is 5.30. The molecule has 1 N–H and O–H groups in total. The first-order chi connectivity index (χ1) is 14.1. The van der Waals surface area contributed by atoms with Gasteiger partial charge in [0.2, 0.25) is 17.6 Å². The highest BCUT2D eigenvalue weighted by atomic mass is 35.5. The maximum absolute atomic E-state index is 12.5. The SMILES string of the molecule is O=C(CCc1nc(-c2ccc(Cl)cc2)no1)Nc1cc(Cl)ccc1N1CCCC1. The molecule has 0 atom stereocenters. The lowest BCUT2D eigenvalue weighted by atomic mass is 10.2. The maximum Gasteiger partial charge on any atom is 0.227 e. The van der Waals surface area contributed by atoms with E-state index in [0.717, 1.165) is 42.9 Å². The molecule has 1 saturated heterocycles. The fraction of sp³-hybridized carbons (Fsp3) is 0.286. The van der Waals surface area contributed by atoms with Crippen LogP contribution in [-0.2, 0) is 11.2 Å². The summed E-state index contributed by atoms with van der Waals surface area (Å²) < 4.78 is 5.27. The molecule has 1 fully saturated rings. The van der Waals surface area contributed by atoms with Crippen molar-refractivity contribution in [2.45, 2.75) is 25.7 Å². The molecule has 0 radical (unpaired) electrons. The lowest BCUT2D eigenvalue weighted by Crippen LogP contribution is -2.21. The quantitative estimate of drug-likeness (QED) is 0.580. The van der Waals surface area contributed by atoms with E-state index >= 15 is 0 Å². The van der Waals surface area contributed by atoms with Crippen LogP contribution < -0.4 is 10.2 Å². The lowest BCUT2D eigenvalue weighted by molar-refractivity contribution is -0.116. The Morgan fingerprint density at radius 1 is 1.07 bits per heavy atom. The summed E-state index contributed by atoms with van der Waals surface area (Å²) in [5.41, 5.74) is 2.54. The van der Waals surface area contributed by atoms with Gasteiger partial charge in [0.05, 0.1) is 11.4 Å². The van der Waals surface area contributed by atoms with Crippen molar-refractivity contribution >= 4 is 40.5 Å². The minimum atomic E-state index is -0.126. The Bertz CT molecular complexity index is 998. The molecule has 0 bridgehead atoms. The number of benzene rings is 2. The number of nitrogens with zero attached hydrogens (tertiary/aromatic N) is 3. The molecule has 0 spiro atoms. The standard InChI is InChI=1S/C21H20Cl2N4O2/c22-15-5-3-14(4-6-15)21-25-20(29-26-21)10-9-19(28)24-17-13-16(23)7-8-18(17)27-11-1-2-12-27/h3-8,13H,1-2,9-12H2,(H,24,28). The van der Waals surface area contributed by atoms with Gasteiger partial charge in [-0.1, -0.05) is 28.4 Å². The van der Waals surface area contributed by atoms with E-state index < -0.39 is 0 Å². The summed E-state index contributed by atoms with van der Waals surface area (Å²) >= 11 is 12.0. The molecule has 2 heterocycles. The highest BCUT2D eigenvalue weighted by Gasteiger charge is 2.18. The first-order valence-electron chi connectivity index (χ1n) is 9.51. The van der Waals surface area contributed by atoms with E-state index in [-0.39, 0.29) is 12.3 Å². The van der Waals surface area contributed by atoms with Crippen molar-refractivity contribution in [2.24, 2.45) is 0 Å².